The van der Waals surface area contributed by atoms with Crippen LogP contribution in [0.2, 0.25) is 0 Å². The Morgan fingerprint density at radius 1 is 0.955 bits per heavy atom. The number of hydrogen-bond acceptors (Lipinski definition) is 4. The molecule has 0 fully saturated rings. The van der Waals surface area contributed by atoms with Gasteiger partial charge in [0.15, 0.2) is 5.92 Å². The van der Waals surface area contributed by atoms with Crippen molar-refractivity contribution in [3.63, 3.8) is 0 Å². The number of benzene rings is 1. The Morgan fingerprint density at radius 2 is 1.45 bits per heavy atom. The lowest BCUT2D eigenvalue weighted by atomic mass is 9.80. The standard InChI is InChI=1S/C18H26O4/c1-5-21-17(19)16(18(20)22-6-2)15(12-13(3)4)14-10-8-7-9-11-14/h7-11,13,15-16H,5-6,12H2,1-4H3. The third kappa shape index (κ3) is 5.17. The zero-order valence-electron chi connectivity index (χ0n) is 13.9. The Morgan fingerprint density at radius 3 is 1.86 bits per heavy atom. The predicted molar refractivity (Wildman–Crippen MR) is 85.4 cm³/mol. The van der Waals surface area contributed by atoms with E-state index >= 15 is 0 Å². The summed E-state index contributed by atoms with van der Waals surface area (Å²) in [5, 5.41) is 0. The van der Waals surface area contributed by atoms with Crippen LogP contribution in [0.15, 0.2) is 30.3 Å². The van der Waals surface area contributed by atoms with Gasteiger partial charge in [0.05, 0.1) is 13.2 Å². The minimum Gasteiger partial charge on any atom is -0.465 e. The Hall–Kier alpha value is -1.84. The van der Waals surface area contributed by atoms with Gasteiger partial charge in [0, 0.05) is 5.92 Å². The molecule has 1 rings (SSSR count). The van der Waals surface area contributed by atoms with Crippen molar-refractivity contribution in [3.8, 4) is 0 Å². The summed E-state index contributed by atoms with van der Waals surface area (Å²) in [6, 6.07) is 9.63. The molecule has 1 atom stereocenters. The molecule has 0 amide bonds. The van der Waals surface area contributed by atoms with Gasteiger partial charge in [-0.15, -0.1) is 0 Å². The molecule has 4 nitrogen and oxygen atoms in total. The van der Waals surface area contributed by atoms with Crippen molar-refractivity contribution in [2.24, 2.45) is 11.8 Å². The Balaban J connectivity index is 3.17. The molecule has 1 unspecified atom stereocenters. The normalized spacial score (nSPS) is 12.3. The van der Waals surface area contributed by atoms with E-state index in [2.05, 4.69) is 13.8 Å². The van der Waals surface area contributed by atoms with Gasteiger partial charge in [0.25, 0.3) is 0 Å². The van der Waals surface area contributed by atoms with Crippen LogP contribution in [-0.2, 0) is 19.1 Å². The summed E-state index contributed by atoms with van der Waals surface area (Å²) in [5.41, 5.74) is 0.960. The van der Waals surface area contributed by atoms with Crippen LogP contribution < -0.4 is 0 Å². The van der Waals surface area contributed by atoms with Crippen molar-refractivity contribution in [1.82, 2.24) is 0 Å². The van der Waals surface area contributed by atoms with Crippen LogP contribution in [0.5, 0.6) is 0 Å². The fraction of sp³-hybridized carbons (Fsp3) is 0.556. The molecule has 0 spiro atoms. The Bertz CT molecular complexity index is 449. The molecule has 0 saturated carbocycles. The zero-order valence-corrected chi connectivity index (χ0v) is 13.9. The Labute approximate surface area is 132 Å². The lowest BCUT2D eigenvalue weighted by Gasteiger charge is -2.26. The molecule has 22 heavy (non-hydrogen) atoms. The molecule has 4 heteroatoms. The van der Waals surface area contributed by atoms with Crippen LogP contribution in [0.3, 0.4) is 0 Å². The summed E-state index contributed by atoms with van der Waals surface area (Å²) in [4.78, 5) is 24.7. The summed E-state index contributed by atoms with van der Waals surface area (Å²) < 4.78 is 10.2. The smallest absolute Gasteiger partial charge is 0.320 e. The first kappa shape index (κ1) is 18.2. The summed E-state index contributed by atoms with van der Waals surface area (Å²) >= 11 is 0. The average molecular weight is 306 g/mol. The van der Waals surface area contributed by atoms with Gasteiger partial charge >= 0.3 is 11.9 Å². The van der Waals surface area contributed by atoms with Gasteiger partial charge in [-0.25, -0.2) is 0 Å². The molecular weight excluding hydrogens is 280 g/mol. The van der Waals surface area contributed by atoms with Crippen LogP contribution >= 0.6 is 0 Å². The molecule has 1 aromatic carbocycles. The number of carbonyl (C=O) groups excluding carboxylic acids is 2. The van der Waals surface area contributed by atoms with Crippen molar-refractivity contribution in [3.05, 3.63) is 35.9 Å². The minimum atomic E-state index is -0.912. The highest BCUT2D eigenvalue weighted by Crippen LogP contribution is 2.33. The van der Waals surface area contributed by atoms with Gasteiger partial charge in [-0.1, -0.05) is 44.2 Å². The summed E-state index contributed by atoms with van der Waals surface area (Å²) in [5.74, 6) is -1.81. The molecule has 0 aliphatic carbocycles. The third-order valence-corrected chi connectivity index (χ3v) is 3.44. The van der Waals surface area contributed by atoms with E-state index in [1.54, 1.807) is 13.8 Å². The highest BCUT2D eigenvalue weighted by molar-refractivity contribution is 5.96. The van der Waals surface area contributed by atoms with Gasteiger partial charge in [0.2, 0.25) is 0 Å². The number of carbonyl (C=O) groups is 2. The average Bonchev–Trinajstić information content (AvgIpc) is 2.47. The molecule has 122 valence electrons. The van der Waals surface area contributed by atoms with Crippen molar-refractivity contribution in [2.45, 2.75) is 40.0 Å². The van der Waals surface area contributed by atoms with Crippen LogP contribution in [0.25, 0.3) is 0 Å². The van der Waals surface area contributed by atoms with Crippen molar-refractivity contribution in [1.29, 1.82) is 0 Å². The lowest BCUT2D eigenvalue weighted by molar-refractivity contribution is -0.163. The maximum Gasteiger partial charge on any atom is 0.320 e. The quantitative estimate of drug-likeness (QED) is 0.544. The zero-order chi connectivity index (χ0) is 16.5. The van der Waals surface area contributed by atoms with Crippen molar-refractivity contribution < 1.29 is 19.1 Å². The van der Waals surface area contributed by atoms with Gasteiger partial charge in [-0.3, -0.25) is 9.59 Å². The largest absolute Gasteiger partial charge is 0.465 e. The first-order chi connectivity index (χ1) is 10.5. The first-order valence-electron chi connectivity index (χ1n) is 7.89. The number of esters is 2. The summed E-state index contributed by atoms with van der Waals surface area (Å²) in [7, 11) is 0. The molecule has 0 heterocycles. The molecule has 0 bridgehead atoms. The van der Waals surface area contributed by atoms with Gasteiger partial charge < -0.3 is 9.47 Å². The molecular formula is C18H26O4. The van der Waals surface area contributed by atoms with Gasteiger partial charge in [-0.05, 0) is 31.7 Å². The topological polar surface area (TPSA) is 52.6 Å². The number of ether oxygens (including phenoxy) is 2. The summed E-state index contributed by atoms with van der Waals surface area (Å²) in [6.07, 6.45) is 0.715. The maximum atomic E-state index is 12.3. The first-order valence-corrected chi connectivity index (χ1v) is 7.89. The Kier molecular flexibility index (Phi) is 7.64. The number of hydrogen-bond donors (Lipinski definition) is 0. The van der Waals surface area contributed by atoms with Crippen LogP contribution in [0, 0.1) is 11.8 Å². The van der Waals surface area contributed by atoms with E-state index in [0.29, 0.717) is 12.3 Å². The third-order valence-electron chi connectivity index (χ3n) is 3.44. The van der Waals surface area contributed by atoms with E-state index in [1.807, 2.05) is 30.3 Å². The molecule has 0 aliphatic rings. The fourth-order valence-electron chi connectivity index (χ4n) is 2.56. The molecule has 0 N–H and O–H groups in total. The van der Waals surface area contributed by atoms with E-state index in [4.69, 9.17) is 9.47 Å². The van der Waals surface area contributed by atoms with E-state index in [1.165, 1.54) is 0 Å². The van der Waals surface area contributed by atoms with Gasteiger partial charge in [0.1, 0.15) is 0 Å². The van der Waals surface area contributed by atoms with E-state index in [9.17, 15) is 9.59 Å². The minimum absolute atomic E-state index is 0.237. The van der Waals surface area contributed by atoms with Crippen molar-refractivity contribution >= 4 is 11.9 Å². The van der Waals surface area contributed by atoms with Crippen LogP contribution in [-0.4, -0.2) is 25.2 Å². The molecule has 1 aromatic rings. The molecule has 0 aliphatic heterocycles. The molecule has 0 aromatic heterocycles. The van der Waals surface area contributed by atoms with Crippen LogP contribution in [0.4, 0.5) is 0 Å². The summed E-state index contributed by atoms with van der Waals surface area (Å²) in [6.45, 7) is 8.11. The number of rotatable bonds is 8. The highest BCUT2D eigenvalue weighted by atomic mass is 16.6. The SMILES string of the molecule is CCOC(=O)C(C(=O)OCC)C(CC(C)C)c1ccccc1. The van der Waals surface area contributed by atoms with E-state index < -0.39 is 17.9 Å². The second kappa shape index (κ2) is 9.23. The second-order valence-corrected chi connectivity index (χ2v) is 5.63. The van der Waals surface area contributed by atoms with E-state index in [0.717, 1.165) is 5.56 Å². The maximum absolute atomic E-state index is 12.3. The molecule has 0 saturated heterocycles. The van der Waals surface area contributed by atoms with Crippen molar-refractivity contribution in [2.75, 3.05) is 13.2 Å². The predicted octanol–water partition coefficient (Wildman–Crippen LogP) is 3.56. The van der Waals surface area contributed by atoms with Crippen LogP contribution in [0.1, 0.15) is 45.6 Å². The molecule has 0 radical (unpaired) electrons. The van der Waals surface area contributed by atoms with Gasteiger partial charge in [-0.2, -0.15) is 0 Å². The highest BCUT2D eigenvalue weighted by Gasteiger charge is 2.38. The fourth-order valence-corrected chi connectivity index (χ4v) is 2.56. The monoisotopic (exact) mass is 306 g/mol. The second-order valence-electron chi connectivity index (χ2n) is 5.63. The lowest BCUT2D eigenvalue weighted by Crippen LogP contribution is -2.34. The van der Waals surface area contributed by atoms with E-state index in [-0.39, 0.29) is 19.1 Å².